The molecular formula is C22H28BN3O3. The molecule has 7 heteroatoms. The van der Waals surface area contributed by atoms with Gasteiger partial charge in [-0.25, -0.2) is 9.97 Å². The molecule has 1 N–H and O–H groups in total. The van der Waals surface area contributed by atoms with E-state index in [0.717, 1.165) is 22.1 Å². The topological polar surface area (TPSA) is 69.4 Å². The molecule has 1 fully saturated rings. The molecule has 0 saturated carbocycles. The lowest BCUT2D eigenvalue weighted by Gasteiger charge is -2.32. The third-order valence-corrected chi connectivity index (χ3v) is 5.45. The minimum Gasteiger partial charge on any atom is -0.436 e. The number of hydrogen-bond donors (Lipinski definition) is 1. The molecule has 0 aliphatic carbocycles. The van der Waals surface area contributed by atoms with E-state index in [4.69, 9.17) is 13.7 Å². The Balaban J connectivity index is 1.80. The molecule has 29 heavy (non-hydrogen) atoms. The van der Waals surface area contributed by atoms with Crippen molar-refractivity contribution in [1.82, 2.24) is 9.97 Å². The van der Waals surface area contributed by atoms with Crippen LogP contribution in [0.5, 0.6) is 0 Å². The van der Waals surface area contributed by atoms with Crippen LogP contribution < -0.4 is 10.8 Å². The van der Waals surface area contributed by atoms with Gasteiger partial charge in [0.05, 0.1) is 16.8 Å². The molecule has 0 amide bonds. The fourth-order valence-corrected chi connectivity index (χ4v) is 3.19. The maximum Gasteiger partial charge on any atom is 0.496 e. The number of benzene rings is 1. The lowest BCUT2D eigenvalue weighted by molar-refractivity contribution is 0.00578. The number of hydrogen-bond acceptors (Lipinski definition) is 6. The molecule has 6 nitrogen and oxygen atoms in total. The summed E-state index contributed by atoms with van der Waals surface area (Å²) in [6.07, 6.45) is 1.79. The normalized spacial score (nSPS) is 18.4. The molecule has 1 aliphatic rings. The summed E-state index contributed by atoms with van der Waals surface area (Å²) in [5.74, 6) is 1.23. The van der Waals surface area contributed by atoms with Gasteiger partial charge in [-0.2, -0.15) is 0 Å². The van der Waals surface area contributed by atoms with Crippen LogP contribution in [0, 0.1) is 0 Å². The third kappa shape index (κ3) is 3.77. The van der Waals surface area contributed by atoms with Gasteiger partial charge in [-0.3, -0.25) is 0 Å². The smallest absolute Gasteiger partial charge is 0.436 e. The van der Waals surface area contributed by atoms with E-state index in [9.17, 15) is 0 Å². The van der Waals surface area contributed by atoms with Crippen LogP contribution in [-0.4, -0.2) is 33.8 Å². The molecule has 152 valence electrons. The Morgan fingerprint density at radius 3 is 2.28 bits per heavy atom. The van der Waals surface area contributed by atoms with Crippen molar-refractivity contribution in [3.8, 4) is 11.5 Å². The number of para-hydroxylation sites is 2. The van der Waals surface area contributed by atoms with E-state index < -0.39 is 18.3 Å². The summed E-state index contributed by atoms with van der Waals surface area (Å²) >= 11 is 0. The fourth-order valence-electron chi connectivity index (χ4n) is 3.19. The van der Waals surface area contributed by atoms with Crippen molar-refractivity contribution in [2.24, 2.45) is 0 Å². The number of fused-ring (bicyclic) bond motifs is 1. The summed E-state index contributed by atoms with van der Waals surface area (Å²) in [5.41, 5.74) is 2.16. The highest BCUT2D eigenvalue weighted by molar-refractivity contribution is 6.62. The second kappa shape index (κ2) is 6.57. The first-order chi connectivity index (χ1) is 13.5. The second-order valence-electron chi connectivity index (χ2n) is 9.61. The van der Waals surface area contributed by atoms with Crippen molar-refractivity contribution in [2.75, 3.05) is 5.32 Å². The Bertz CT molecular complexity index is 1000. The molecule has 1 saturated heterocycles. The predicted octanol–water partition coefficient (Wildman–Crippen LogP) is 4.40. The Hall–Kier alpha value is -2.38. The number of rotatable bonds is 3. The molecule has 0 radical (unpaired) electrons. The number of pyridine rings is 1. The van der Waals surface area contributed by atoms with E-state index in [0.29, 0.717) is 11.7 Å². The van der Waals surface area contributed by atoms with Crippen molar-refractivity contribution in [3.63, 3.8) is 0 Å². The van der Waals surface area contributed by atoms with E-state index in [1.54, 1.807) is 6.20 Å². The zero-order valence-electron chi connectivity index (χ0n) is 18.2. The SMILES string of the molecule is CC(C)(C)Nc1ncc(B2OC(C)(C)C(C)(C)O2)cc1-c1nc2ccccc2o1. The molecule has 1 aliphatic heterocycles. The highest BCUT2D eigenvalue weighted by atomic mass is 16.7. The lowest BCUT2D eigenvalue weighted by atomic mass is 9.79. The Morgan fingerprint density at radius 1 is 1.00 bits per heavy atom. The first-order valence-corrected chi connectivity index (χ1v) is 9.95. The summed E-state index contributed by atoms with van der Waals surface area (Å²) in [6.45, 7) is 14.4. The lowest BCUT2D eigenvalue weighted by Crippen LogP contribution is -2.41. The number of anilines is 1. The van der Waals surface area contributed by atoms with Gasteiger partial charge in [0.2, 0.25) is 5.89 Å². The highest BCUT2D eigenvalue weighted by Gasteiger charge is 2.52. The van der Waals surface area contributed by atoms with E-state index >= 15 is 0 Å². The molecule has 0 unspecified atom stereocenters. The zero-order chi connectivity index (χ0) is 21.0. The maximum absolute atomic E-state index is 6.21. The predicted molar refractivity (Wildman–Crippen MR) is 116 cm³/mol. The summed E-state index contributed by atoms with van der Waals surface area (Å²) in [5, 5.41) is 3.45. The van der Waals surface area contributed by atoms with Crippen LogP contribution in [0.2, 0.25) is 0 Å². The van der Waals surface area contributed by atoms with Crippen LogP contribution in [0.4, 0.5) is 5.82 Å². The average molecular weight is 393 g/mol. The average Bonchev–Trinajstić information content (AvgIpc) is 3.12. The number of oxazole rings is 1. The number of nitrogens with one attached hydrogen (secondary N) is 1. The van der Waals surface area contributed by atoms with Crippen LogP contribution in [0.15, 0.2) is 40.9 Å². The Kier molecular flexibility index (Phi) is 4.51. The van der Waals surface area contributed by atoms with Crippen LogP contribution >= 0.6 is 0 Å². The van der Waals surface area contributed by atoms with Crippen molar-refractivity contribution in [1.29, 1.82) is 0 Å². The van der Waals surface area contributed by atoms with Crippen LogP contribution in [0.25, 0.3) is 22.6 Å². The molecule has 0 bridgehead atoms. The van der Waals surface area contributed by atoms with E-state index in [1.165, 1.54) is 0 Å². The Labute approximate surface area is 172 Å². The standard InChI is InChI=1S/C22H28BN3O3/c1-20(2,3)26-18-15(19-25-16-10-8-9-11-17(16)27-19)12-14(13-24-18)23-28-21(4,5)22(6,7)29-23/h8-13H,1-7H3,(H,24,26). The maximum atomic E-state index is 6.21. The van der Waals surface area contributed by atoms with Crippen molar-refractivity contribution in [3.05, 3.63) is 36.5 Å². The summed E-state index contributed by atoms with van der Waals surface area (Å²) < 4.78 is 18.5. The van der Waals surface area contributed by atoms with Gasteiger partial charge < -0.3 is 19.0 Å². The van der Waals surface area contributed by atoms with Gasteiger partial charge in [0.1, 0.15) is 11.3 Å². The van der Waals surface area contributed by atoms with Gasteiger partial charge in [0, 0.05) is 17.2 Å². The monoisotopic (exact) mass is 393 g/mol. The van der Waals surface area contributed by atoms with Crippen LogP contribution in [-0.2, 0) is 9.31 Å². The molecular weight excluding hydrogens is 365 g/mol. The molecule has 0 atom stereocenters. The molecule has 1 aromatic carbocycles. The van der Waals surface area contributed by atoms with Crippen molar-refractivity contribution < 1.29 is 13.7 Å². The number of nitrogens with zero attached hydrogens (tertiary/aromatic N) is 2. The molecule has 3 aromatic rings. The van der Waals surface area contributed by atoms with Gasteiger partial charge >= 0.3 is 7.12 Å². The molecule has 0 spiro atoms. The molecule has 4 rings (SSSR count). The largest absolute Gasteiger partial charge is 0.496 e. The van der Waals surface area contributed by atoms with Gasteiger partial charge in [0.25, 0.3) is 0 Å². The zero-order valence-corrected chi connectivity index (χ0v) is 18.2. The summed E-state index contributed by atoms with van der Waals surface area (Å²) in [4.78, 5) is 9.35. The second-order valence-corrected chi connectivity index (χ2v) is 9.61. The van der Waals surface area contributed by atoms with E-state index in [1.807, 2.05) is 58.0 Å². The fraction of sp³-hybridized carbons (Fsp3) is 0.455. The van der Waals surface area contributed by atoms with Gasteiger partial charge in [0.15, 0.2) is 5.58 Å². The summed E-state index contributed by atoms with van der Waals surface area (Å²) in [6, 6.07) is 9.72. The first-order valence-electron chi connectivity index (χ1n) is 9.95. The molecule has 3 heterocycles. The van der Waals surface area contributed by atoms with Gasteiger partial charge in [-0.1, -0.05) is 12.1 Å². The minimum atomic E-state index is -0.501. The first kappa shape index (κ1) is 19.9. The molecule has 2 aromatic heterocycles. The van der Waals surface area contributed by atoms with E-state index in [2.05, 4.69) is 36.1 Å². The third-order valence-electron chi connectivity index (χ3n) is 5.45. The van der Waals surface area contributed by atoms with Gasteiger partial charge in [-0.15, -0.1) is 0 Å². The van der Waals surface area contributed by atoms with Crippen molar-refractivity contribution in [2.45, 2.75) is 65.2 Å². The van der Waals surface area contributed by atoms with Crippen molar-refractivity contribution >= 4 is 29.5 Å². The van der Waals surface area contributed by atoms with E-state index in [-0.39, 0.29) is 5.54 Å². The quantitative estimate of drug-likeness (QED) is 0.666. The minimum absolute atomic E-state index is 0.167. The van der Waals surface area contributed by atoms with Crippen LogP contribution in [0.1, 0.15) is 48.5 Å². The highest BCUT2D eigenvalue weighted by Crippen LogP contribution is 2.37. The Morgan fingerprint density at radius 2 is 1.66 bits per heavy atom. The number of aromatic nitrogens is 2. The van der Waals surface area contributed by atoms with Crippen LogP contribution in [0.3, 0.4) is 0 Å². The summed E-state index contributed by atoms with van der Waals surface area (Å²) in [7, 11) is -0.501. The van der Waals surface area contributed by atoms with Gasteiger partial charge in [-0.05, 0) is 66.7 Å².